The lowest BCUT2D eigenvalue weighted by Gasteiger charge is -2.38. The smallest absolute Gasteiger partial charge is 0.330 e. The fourth-order valence-corrected chi connectivity index (χ4v) is 7.65. The van der Waals surface area contributed by atoms with Crippen molar-refractivity contribution in [2.24, 2.45) is 35.5 Å². The van der Waals surface area contributed by atoms with Crippen molar-refractivity contribution in [2.75, 3.05) is 6.61 Å². The van der Waals surface area contributed by atoms with Gasteiger partial charge in [-0.05, 0) is 110 Å². The number of fused-ring (bicyclic) bond motifs is 2. The van der Waals surface area contributed by atoms with E-state index >= 15 is 0 Å². The van der Waals surface area contributed by atoms with Gasteiger partial charge in [0.1, 0.15) is 0 Å². The predicted molar refractivity (Wildman–Crippen MR) is 140 cm³/mol. The maximum atomic E-state index is 12.2. The van der Waals surface area contributed by atoms with Crippen LogP contribution in [0.1, 0.15) is 101 Å². The highest BCUT2D eigenvalue weighted by Crippen LogP contribution is 2.45. The molecule has 3 fully saturated rings. The van der Waals surface area contributed by atoms with Crippen molar-refractivity contribution in [2.45, 2.75) is 89.9 Å². The molecule has 34 heavy (non-hydrogen) atoms. The molecule has 4 aliphatic rings. The predicted octanol–water partition coefficient (Wildman–Crippen LogP) is 8.34. The average Bonchev–Trinajstić information content (AvgIpc) is 3.51. The first-order valence-corrected chi connectivity index (χ1v) is 14.3. The van der Waals surface area contributed by atoms with Crippen LogP contribution in [0.5, 0.6) is 0 Å². The monoisotopic (exact) mass is 460 g/mol. The third-order valence-corrected chi connectivity index (χ3v) is 9.70. The van der Waals surface area contributed by atoms with Crippen LogP contribution >= 0.6 is 0 Å². The van der Waals surface area contributed by atoms with Crippen molar-refractivity contribution in [3.05, 3.63) is 53.6 Å². The van der Waals surface area contributed by atoms with Crippen molar-refractivity contribution in [3.63, 3.8) is 0 Å². The fourth-order valence-electron chi connectivity index (χ4n) is 7.65. The second-order valence-corrected chi connectivity index (χ2v) is 11.9. The Morgan fingerprint density at radius 3 is 2.24 bits per heavy atom. The molecule has 4 aliphatic carbocycles. The number of carbonyl (C=O) groups is 1. The van der Waals surface area contributed by atoms with Crippen LogP contribution in [0.2, 0.25) is 0 Å². The van der Waals surface area contributed by atoms with Gasteiger partial charge in [0.05, 0.1) is 6.61 Å². The Kier molecular flexibility index (Phi) is 7.92. The first-order valence-electron chi connectivity index (χ1n) is 14.3. The van der Waals surface area contributed by atoms with E-state index in [1.165, 1.54) is 82.6 Å². The molecule has 3 unspecified atom stereocenters. The van der Waals surface area contributed by atoms with Crippen LogP contribution in [0.4, 0.5) is 0 Å². The molecular weight excluding hydrogens is 416 g/mol. The van der Waals surface area contributed by atoms with Crippen molar-refractivity contribution < 1.29 is 9.53 Å². The second-order valence-electron chi connectivity index (χ2n) is 11.9. The molecule has 2 nitrogen and oxygen atoms in total. The Morgan fingerprint density at radius 1 is 0.912 bits per heavy atom. The lowest BCUT2D eigenvalue weighted by atomic mass is 9.68. The van der Waals surface area contributed by atoms with E-state index in [1.54, 1.807) is 6.08 Å². The van der Waals surface area contributed by atoms with Crippen molar-refractivity contribution >= 4 is 12.0 Å². The standard InChI is InChI=1S/C32H44O2/c1-2-3-23-4-10-26(11-5-23)28-15-17-29(18-16-28)27-12-6-24(7-13-27)9-19-32(33)34-22-31-21-25-8-14-30(31)20-25/h6-9,12-14,19,23,25-26,28-31H,2-5,10-11,15-18,20-22H2,1H3/b19-9+. The minimum atomic E-state index is -0.210. The lowest BCUT2D eigenvalue weighted by Crippen LogP contribution is -2.25. The third kappa shape index (κ3) is 5.86. The van der Waals surface area contributed by atoms with Gasteiger partial charge in [-0.25, -0.2) is 4.79 Å². The Labute approximate surface area is 207 Å². The highest BCUT2D eigenvalue weighted by molar-refractivity contribution is 5.87. The molecule has 2 heteroatoms. The van der Waals surface area contributed by atoms with Gasteiger partial charge >= 0.3 is 5.97 Å². The number of ether oxygens (including phenoxy) is 1. The number of hydrogen-bond acceptors (Lipinski definition) is 2. The summed E-state index contributed by atoms with van der Waals surface area (Å²) in [5.41, 5.74) is 2.57. The van der Waals surface area contributed by atoms with E-state index in [-0.39, 0.29) is 5.97 Å². The van der Waals surface area contributed by atoms with Gasteiger partial charge in [-0.1, -0.05) is 69.0 Å². The number of allylic oxidation sites excluding steroid dienone is 2. The molecule has 0 amide bonds. The maximum Gasteiger partial charge on any atom is 0.330 e. The van der Waals surface area contributed by atoms with Gasteiger partial charge < -0.3 is 4.74 Å². The summed E-state index contributed by atoms with van der Waals surface area (Å²) in [4.78, 5) is 12.2. The molecule has 3 atom stereocenters. The van der Waals surface area contributed by atoms with Crippen LogP contribution in [0.3, 0.4) is 0 Å². The number of esters is 1. The molecule has 5 rings (SSSR count). The molecule has 184 valence electrons. The Bertz CT molecular complexity index is 850. The molecule has 0 N–H and O–H groups in total. The summed E-state index contributed by atoms with van der Waals surface area (Å²) in [6.07, 6.45) is 24.9. The zero-order valence-electron chi connectivity index (χ0n) is 21.2. The van der Waals surface area contributed by atoms with E-state index in [9.17, 15) is 4.79 Å². The fraction of sp³-hybridized carbons (Fsp3) is 0.656. The summed E-state index contributed by atoms with van der Waals surface area (Å²) in [5.74, 6) is 5.38. The van der Waals surface area contributed by atoms with E-state index in [4.69, 9.17) is 4.74 Å². The normalized spacial score (nSPS) is 35.1. The van der Waals surface area contributed by atoms with Crippen LogP contribution in [0.25, 0.3) is 6.08 Å². The zero-order chi connectivity index (χ0) is 23.3. The lowest BCUT2D eigenvalue weighted by molar-refractivity contribution is -0.139. The van der Waals surface area contributed by atoms with E-state index in [1.807, 2.05) is 6.08 Å². The van der Waals surface area contributed by atoms with Gasteiger partial charge in [0.2, 0.25) is 0 Å². The van der Waals surface area contributed by atoms with Crippen LogP contribution in [0.15, 0.2) is 42.5 Å². The molecule has 0 radical (unpaired) electrons. The van der Waals surface area contributed by atoms with Gasteiger partial charge in [-0.3, -0.25) is 0 Å². The highest BCUT2D eigenvalue weighted by Gasteiger charge is 2.36. The van der Waals surface area contributed by atoms with E-state index in [2.05, 4.69) is 43.3 Å². The first-order chi connectivity index (χ1) is 16.7. The topological polar surface area (TPSA) is 26.3 Å². The van der Waals surface area contributed by atoms with E-state index < -0.39 is 0 Å². The van der Waals surface area contributed by atoms with Crippen LogP contribution < -0.4 is 0 Å². The van der Waals surface area contributed by atoms with Crippen molar-refractivity contribution in [1.82, 2.24) is 0 Å². The van der Waals surface area contributed by atoms with Gasteiger partial charge in [0.25, 0.3) is 0 Å². The maximum absolute atomic E-state index is 12.2. The minimum Gasteiger partial charge on any atom is -0.462 e. The first kappa shape index (κ1) is 23.9. The summed E-state index contributed by atoms with van der Waals surface area (Å²) in [6, 6.07) is 8.91. The Morgan fingerprint density at radius 2 is 1.62 bits per heavy atom. The van der Waals surface area contributed by atoms with Gasteiger partial charge in [-0.2, -0.15) is 0 Å². The van der Waals surface area contributed by atoms with Crippen LogP contribution in [-0.2, 0) is 9.53 Å². The van der Waals surface area contributed by atoms with E-state index in [0.29, 0.717) is 24.4 Å². The van der Waals surface area contributed by atoms with Crippen molar-refractivity contribution in [1.29, 1.82) is 0 Å². The zero-order valence-corrected chi connectivity index (χ0v) is 21.2. The average molecular weight is 461 g/mol. The summed E-state index contributed by atoms with van der Waals surface area (Å²) in [5, 5.41) is 0. The van der Waals surface area contributed by atoms with Gasteiger partial charge in [0, 0.05) is 6.08 Å². The molecule has 1 aromatic rings. The van der Waals surface area contributed by atoms with E-state index in [0.717, 1.165) is 29.2 Å². The summed E-state index contributed by atoms with van der Waals surface area (Å²) < 4.78 is 5.54. The number of benzene rings is 1. The molecule has 2 bridgehead atoms. The van der Waals surface area contributed by atoms with Gasteiger partial charge in [0.15, 0.2) is 0 Å². The molecule has 0 aromatic heterocycles. The molecule has 3 saturated carbocycles. The largest absolute Gasteiger partial charge is 0.462 e. The summed E-state index contributed by atoms with van der Waals surface area (Å²) in [7, 11) is 0. The van der Waals surface area contributed by atoms with Crippen molar-refractivity contribution in [3.8, 4) is 0 Å². The minimum absolute atomic E-state index is 0.210. The highest BCUT2D eigenvalue weighted by atomic mass is 16.5. The molecule has 1 aromatic carbocycles. The van der Waals surface area contributed by atoms with Crippen LogP contribution in [0, 0.1) is 35.5 Å². The van der Waals surface area contributed by atoms with Gasteiger partial charge in [-0.15, -0.1) is 0 Å². The Hall–Kier alpha value is -1.83. The SMILES string of the molecule is CCCC1CCC(C2CCC(c3ccc(/C=C/C(=O)OCC4CC5C=CC4C5)cc3)CC2)CC1. The number of carbonyl (C=O) groups excluding carboxylic acids is 1. The Balaban J connectivity index is 1.04. The molecule has 0 heterocycles. The second kappa shape index (κ2) is 11.3. The quantitative estimate of drug-likeness (QED) is 0.221. The molecule has 0 spiro atoms. The molecule has 0 aliphatic heterocycles. The molecule has 0 saturated heterocycles. The number of rotatable bonds is 8. The van der Waals surface area contributed by atoms with Crippen LogP contribution in [-0.4, -0.2) is 12.6 Å². The number of hydrogen-bond donors (Lipinski definition) is 0. The molecular formula is C32H44O2. The third-order valence-electron chi connectivity index (χ3n) is 9.70. The summed E-state index contributed by atoms with van der Waals surface area (Å²) in [6.45, 7) is 2.90. The summed E-state index contributed by atoms with van der Waals surface area (Å²) >= 11 is 0.